The van der Waals surface area contributed by atoms with Crippen molar-refractivity contribution in [2.45, 2.75) is 45.1 Å². The van der Waals surface area contributed by atoms with E-state index in [1.807, 2.05) is 36.4 Å². The van der Waals surface area contributed by atoms with Crippen molar-refractivity contribution < 1.29 is 9.32 Å². The lowest BCUT2D eigenvalue weighted by Gasteiger charge is -2.20. The zero-order chi connectivity index (χ0) is 20.7. The maximum absolute atomic E-state index is 13.3. The highest BCUT2D eigenvalue weighted by molar-refractivity contribution is 6.09. The fourth-order valence-electron chi connectivity index (χ4n) is 4.36. The van der Waals surface area contributed by atoms with Gasteiger partial charge in [0.05, 0.1) is 10.9 Å². The topological polar surface area (TPSA) is 71.3 Å². The number of aromatic nitrogens is 2. The number of amides is 1. The summed E-state index contributed by atoms with van der Waals surface area (Å²) in [4.78, 5) is 20.4. The van der Waals surface area contributed by atoms with Crippen molar-refractivity contribution in [1.82, 2.24) is 20.4 Å². The van der Waals surface area contributed by atoms with E-state index >= 15 is 0 Å². The zero-order valence-electron chi connectivity index (χ0n) is 17.6. The molecule has 1 saturated carbocycles. The summed E-state index contributed by atoms with van der Waals surface area (Å²) in [5.41, 5.74) is 3.62. The molecule has 3 aromatic rings. The highest BCUT2D eigenvalue weighted by Crippen LogP contribution is 2.41. The molecule has 30 heavy (non-hydrogen) atoms. The molecule has 1 N–H and O–H groups in total. The van der Waals surface area contributed by atoms with Gasteiger partial charge in [0, 0.05) is 36.3 Å². The predicted molar refractivity (Wildman–Crippen MR) is 116 cm³/mol. The van der Waals surface area contributed by atoms with Crippen LogP contribution in [-0.2, 0) is 0 Å². The summed E-state index contributed by atoms with van der Waals surface area (Å²) in [5.74, 6) is 0.862. The van der Waals surface area contributed by atoms with Gasteiger partial charge in [-0.15, -0.1) is 0 Å². The van der Waals surface area contributed by atoms with E-state index in [0.717, 1.165) is 43.6 Å². The van der Waals surface area contributed by atoms with Crippen LogP contribution in [0.15, 0.2) is 40.9 Å². The summed E-state index contributed by atoms with van der Waals surface area (Å²) in [6, 6.07) is 12.3. The first kappa shape index (κ1) is 19.2. The van der Waals surface area contributed by atoms with Crippen molar-refractivity contribution in [3.05, 3.63) is 47.7 Å². The lowest BCUT2D eigenvalue weighted by molar-refractivity contribution is 0.0948. The third-order valence-corrected chi connectivity index (χ3v) is 6.35. The van der Waals surface area contributed by atoms with E-state index in [4.69, 9.17) is 4.52 Å². The van der Waals surface area contributed by atoms with Gasteiger partial charge in [-0.3, -0.25) is 4.79 Å². The molecule has 1 unspecified atom stereocenters. The van der Waals surface area contributed by atoms with Crippen LogP contribution in [0.4, 0.5) is 0 Å². The van der Waals surface area contributed by atoms with Crippen LogP contribution in [-0.4, -0.2) is 46.6 Å². The number of hydrogen-bond acceptors (Lipinski definition) is 5. The lowest BCUT2D eigenvalue weighted by Crippen LogP contribution is -2.33. The minimum Gasteiger partial charge on any atom is -0.352 e. The zero-order valence-corrected chi connectivity index (χ0v) is 17.6. The van der Waals surface area contributed by atoms with Crippen LogP contribution in [0.5, 0.6) is 0 Å². The number of nitrogens with one attached hydrogen (secondary N) is 1. The molecule has 1 atom stereocenters. The Balaban J connectivity index is 1.44. The number of nitrogens with zero attached hydrogens (tertiary/aromatic N) is 3. The average molecular weight is 405 g/mol. The van der Waals surface area contributed by atoms with Crippen molar-refractivity contribution in [2.24, 2.45) is 5.92 Å². The second-order valence-electron chi connectivity index (χ2n) is 8.90. The molecule has 6 heteroatoms. The fraction of sp³-hybridized carbons (Fsp3) is 0.458. The molecule has 1 saturated heterocycles. The van der Waals surface area contributed by atoms with Crippen LogP contribution in [0.3, 0.4) is 0 Å². The Labute approximate surface area is 176 Å². The normalized spacial score (nSPS) is 19.6. The van der Waals surface area contributed by atoms with E-state index in [1.54, 1.807) is 0 Å². The van der Waals surface area contributed by atoms with Crippen LogP contribution in [0, 0.1) is 5.92 Å². The Morgan fingerprint density at radius 1 is 1.23 bits per heavy atom. The standard InChI is InChI=1S/C24H28N4O2/c1-15(2)28-11-10-16(14-28)13-25-23(29)19-12-20(17-8-9-17)26-24-21(19)22(27-30-24)18-6-4-3-5-7-18/h3-7,12,15-17H,8-11,13-14H2,1-2H3,(H,25,29). The molecule has 1 amide bonds. The first-order valence-electron chi connectivity index (χ1n) is 11.0. The van der Waals surface area contributed by atoms with Crippen molar-refractivity contribution >= 4 is 17.0 Å². The summed E-state index contributed by atoms with van der Waals surface area (Å²) >= 11 is 0. The SMILES string of the molecule is CC(C)N1CCC(CNC(=O)c2cc(C3CC3)nc3onc(-c4ccccc4)c23)C1. The molecular formula is C24H28N4O2. The lowest BCUT2D eigenvalue weighted by atomic mass is 10.0. The Morgan fingerprint density at radius 2 is 2.03 bits per heavy atom. The third-order valence-electron chi connectivity index (χ3n) is 6.35. The number of pyridine rings is 1. The molecule has 2 fully saturated rings. The number of rotatable bonds is 6. The molecule has 0 spiro atoms. The van der Waals surface area contributed by atoms with E-state index in [2.05, 4.69) is 34.2 Å². The van der Waals surface area contributed by atoms with Gasteiger partial charge in [0.25, 0.3) is 11.6 Å². The predicted octanol–water partition coefficient (Wildman–Crippen LogP) is 4.23. The van der Waals surface area contributed by atoms with Crippen LogP contribution in [0.2, 0.25) is 0 Å². The van der Waals surface area contributed by atoms with Gasteiger partial charge in [0.1, 0.15) is 5.69 Å². The van der Waals surface area contributed by atoms with Crippen LogP contribution in [0.1, 0.15) is 55.1 Å². The Kier molecular flexibility index (Phi) is 5.03. The van der Waals surface area contributed by atoms with Gasteiger partial charge in [0.15, 0.2) is 0 Å². The van der Waals surface area contributed by atoms with Gasteiger partial charge in [0.2, 0.25) is 0 Å². The summed E-state index contributed by atoms with van der Waals surface area (Å²) in [5, 5.41) is 8.16. The highest BCUT2D eigenvalue weighted by atomic mass is 16.5. The summed E-state index contributed by atoms with van der Waals surface area (Å²) in [6.45, 7) is 7.29. The van der Waals surface area contributed by atoms with Gasteiger partial charge in [-0.1, -0.05) is 35.5 Å². The smallest absolute Gasteiger partial charge is 0.259 e. The van der Waals surface area contributed by atoms with Crippen molar-refractivity contribution in [3.63, 3.8) is 0 Å². The first-order chi connectivity index (χ1) is 14.6. The molecule has 2 aliphatic rings. The Hall–Kier alpha value is -2.73. The van der Waals surface area contributed by atoms with Crippen molar-refractivity contribution in [3.8, 4) is 11.3 Å². The van der Waals surface area contributed by atoms with Crippen LogP contribution < -0.4 is 5.32 Å². The van der Waals surface area contributed by atoms with E-state index in [9.17, 15) is 4.79 Å². The maximum Gasteiger partial charge on any atom is 0.259 e. The number of carbonyl (C=O) groups is 1. The summed E-state index contributed by atoms with van der Waals surface area (Å²) in [6.07, 6.45) is 3.36. The summed E-state index contributed by atoms with van der Waals surface area (Å²) in [7, 11) is 0. The van der Waals surface area contributed by atoms with E-state index < -0.39 is 0 Å². The first-order valence-corrected chi connectivity index (χ1v) is 11.0. The maximum atomic E-state index is 13.3. The van der Waals surface area contributed by atoms with Gasteiger partial charge in [-0.25, -0.2) is 4.98 Å². The average Bonchev–Trinajstić information content (AvgIpc) is 3.34. The van der Waals surface area contributed by atoms with Gasteiger partial charge >= 0.3 is 0 Å². The molecule has 6 nitrogen and oxygen atoms in total. The molecule has 3 heterocycles. The minimum absolute atomic E-state index is 0.0623. The monoisotopic (exact) mass is 404 g/mol. The summed E-state index contributed by atoms with van der Waals surface area (Å²) < 4.78 is 5.58. The second-order valence-corrected chi connectivity index (χ2v) is 8.90. The van der Waals surface area contributed by atoms with E-state index in [-0.39, 0.29) is 5.91 Å². The quantitative estimate of drug-likeness (QED) is 0.666. The Morgan fingerprint density at radius 3 is 2.73 bits per heavy atom. The van der Waals surface area contributed by atoms with Crippen molar-refractivity contribution in [2.75, 3.05) is 19.6 Å². The highest BCUT2D eigenvalue weighted by Gasteiger charge is 2.30. The molecule has 2 aromatic heterocycles. The van der Waals surface area contributed by atoms with Gasteiger partial charge < -0.3 is 14.7 Å². The molecule has 0 radical (unpaired) electrons. The van der Waals surface area contributed by atoms with Crippen molar-refractivity contribution in [1.29, 1.82) is 0 Å². The van der Waals surface area contributed by atoms with Gasteiger partial charge in [-0.2, -0.15) is 0 Å². The van der Waals surface area contributed by atoms with Crippen LogP contribution >= 0.6 is 0 Å². The molecule has 1 aliphatic heterocycles. The van der Waals surface area contributed by atoms with E-state index in [1.165, 1.54) is 0 Å². The number of likely N-dealkylation sites (tertiary alicyclic amines) is 1. The number of carbonyl (C=O) groups excluding carboxylic acids is 1. The molecular weight excluding hydrogens is 376 g/mol. The van der Waals surface area contributed by atoms with E-state index in [0.29, 0.717) is 46.8 Å². The number of fused-ring (bicyclic) bond motifs is 1. The largest absolute Gasteiger partial charge is 0.352 e. The molecule has 0 bridgehead atoms. The Bertz CT molecular complexity index is 1060. The molecule has 5 rings (SSSR count). The molecule has 1 aliphatic carbocycles. The molecule has 156 valence electrons. The minimum atomic E-state index is -0.0623. The van der Waals surface area contributed by atoms with Gasteiger partial charge in [-0.05, 0) is 51.6 Å². The molecule has 1 aromatic carbocycles. The number of benzene rings is 1. The fourth-order valence-corrected chi connectivity index (χ4v) is 4.36. The van der Waals surface area contributed by atoms with Crippen LogP contribution in [0.25, 0.3) is 22.4 Å². The second kappa shape index (κ2) is 7.84. The number of hydrogen-bond donors (Lipinski definition) is 1. The third kappa shape index (κ3) is 3.72.